The quantitative estimate of drug-likeness (QED) is 0.810. The minimum absolute atomic E-state index is 0.476. The fourth-order valence-corrected chi connectivity index (χ4v) is 3.26. The van der Waals surface area contributed by atoms with Crippen LogP contribution in [0.25, 0.3) is 0 Å². The van der Waals surface area contributed by atoms with Gasteiger partial charge in [0.25, 0.3) is 0 Å². The van der Waals surface area contributed by atoms with E-state index in [-0.39, 0.29) is 0 Å². The van der Waals surface area contributed by atoms with Crippen molar-refractivity contribution in [3.63, 3.8) is 0 Å². The maximum atomic E-state index is 3.79. The summed E-state index contributed by atoms with van der Waals surface area (Å²) >= 11 is 0. The molecule has 2 unspecified atom stereocenters. The van der Waals surface area contributed by atoms with Gasteiger partial charge in [-0.15, -0.1) is 0 Å². The minimum atomic E-state index is 0.476. The number of likely N-dealkylation sites (N-methyl/N-ethyl adjacent to an activating group) is 1. The molecule has 0 bridgehead atoms. The topological polar surface area (TPSA) is 15.3 Å². The lowest BCUT2D eigenvalue weighted by Gasteiger charge is -2.38. The number of rotatable bonds is 4. The molecule has 2 aliphatic rings. The third-order valence-electron chi connectivity index (χ3n) is 4.01. The Morgan fingerprint density at radius 3 is 2.41 bits per heavy atom. The van der Waals surface area contributed by atoms with Crippen LogP contribution in [0.2, 0.25) is 0 Å². The fraction of sp³-hybridized carbons (Fsp3) is 1.00. The van der Waals surface area contributed by atoms with E-state index >= 15 is 0 Å². The van der Waals surface area contributed by atoms with Gasteiger partial charge in [0.1, 0.15) is 0 Å². The summed E-state index contributed by atoms with van der Waals surface area (Å²) in [6.45, 7) is 10.9. The zero-order valence-corrected chi connectivity index (χ0v) is 12.1. The van der Waals surface area contributed by atoms with Crippen LogP contribution in [0, 0.1) is 17.3 Å². The minimum Gasteiger partial charge on any atom is -0.312 e. The summed E-state index contributed by atoms with van der Waals surface area (Å²) in [5.41, 5.74) is 0.476. The van der Waals surface area contributed by atoms with E-state index in [9.17, 15) is 0 Å². The van der Waals surface area contributed by atoms with Crippen LogP contribution in [-0.4, -0.2) is 37.6 Å². The van der Waals surface area contributed by atoms with Crippen molar-refractivity contribution < 1.29 is 0 Å². The molecule has 0 aromatic heterocycles. The van der Waals surface area contributed by atoms with Crippen LogP contribution in [0.1, 0.15) is 46.5 Å². The van der Waals surface area contributed by atoms with Gasteiger partial charge in [0.2, 0.25) is 0 Å². The maximum absolute atomic E-state index is 3.79. The zero-order chi connectivity index (χ0) is 12.5. The van der Waals surface area contributed by atoms with Gasteiger partial charge in [0.05, 0.1) is 0 Å². The van der Waals surface area contributed by atoms with E-state index in [0.717, 1.165) is 17.9 Å². The summed E-state index contributed by atoms with van der Waals surface area (Å²) < 4.78 is 0. The van der Waals surface area contributed by atoms with Crippen molar-refractivity contribution in [3.05, 3.63) is 0 Å². The van der Waals surface area contributed by atoms with Crippen LogP contribution in [0.5, 0.6) is 0 Å². The van der Waals surface area contributed by atoms with Crippen molar-refractivity contribution in [3.8, 4) is 0 Å². The molecule has 0 aromatic carbocycles. The van der Waals surface area contributed by atoms with E-state index in [1.54, 1.807) is 0 Å². The second-order valence-corrected chi connectivity index (χ2v) is 7.64. The Labute approximate surface area is 107 Å². The van der Waals surface area contributed by atoms with Gasteiger partial charge >= 0.3 is 0 Å². The molecule has 100 valence electrons. The molecule has 1 aliphatic carbocycles. The molecular weight excluding hydrogens is 208 g/mol. The highest BCUT2D eigenvalue weighted by Gasteiger charge is 2.29. The van der Waals surface area contributed by atoms with Crippen molar-refractivity contribution in [2.45, 2.75) is 52.5 Å². The molecule has 1 saturated carbocycles. The highest BCUT2D eigenvalue weighted by Crippen LogP contribution is 2.31. The lowest BCUT2D eigenvalue weighted by Crippen LogP contribution is -2.48. The van der Waals surface area contributed by atoms with E-state index in [2.05, 4.69) is 38.0 Å². The molecule has 1 heterocycles. The lowest BCUT2D eigenvalue weighted by molar-refractivity contribution is 0.135. The standard InChI is InChI=1S/C15H30N2/c1-15(2,3)8-13-7-14(11-17(4)10-13)16-9-12-5-6-12/h12-14,16H,5-11H2,1-4H3. The SMILES string of the molecule is CN1CC(CC(C)(C)C)CC(NCC2CC2)C1. The van der Waals surface area contributed by atoms with Crippen LogP contribution in [0.15, 0.2) is 0 Å². The first kappa shape index (κ1) is 13.4. The Balaban J connectivity index is 1.77. The van der Waals surface area contributed by atoms with Gasteiger partial charge in [0.15, 0.2) is 0 Å². The first-order chi connectivity index (χ1) is 7.92. The first-order valence-corrected chi connectivity index (χ1v) is 7.34. The molecule has 1 saturated heterocycles. The number of nitrogens with one attached hydrogen (secondary N) is 1. The molecule has 17 heavy (non-hydrogen) atoms. The van der Waals surface area contributed by atoms with Gasteiger partial charge < -0.3 is 10.2 Å². The molecule has 2 heteroatoms. The number of likely N-dealkylation sites (tertiary alicyclic amines) is 1. The molecule has 0 radical (unpaired) electrons. The molecule has 0 amide bonds. The predicted molar refractivity (Wildman–Crippen MR) is 74.2 cm³/mol. The van der Waals surface area contributed by atoms with Crippen molar-refractivity contribution >= 4 is 0 Å². The maximum Gasteiger partial charge on any atom is 0.0198 e. The van der Waals surface area contributed by atoms with Gasteiger partial charge in [-0.25, -0.2) is 0 Å². The summed E-state index contributed by atoms with van der Waals surface area (Å²) in [6.07, 6.45) is 5.66. The second-order valence-electron chi connectivity index (χ2n) is 7.64. The first-order valence-electron chi connectivity index (χ1n) is 7.34. The Kier molecular flexibility index (Phi) is 4.14. The normalized spacial score (nSPS) is 31.8. The summed E-state index contributed by atoms with van der Waals surface area (Å²) in [5.74, 6) is 1.88. The van der Waals surface area contributed by atoms with E-state index in [4.69, 9.17) is 0 Å². The molecule has 1 N–H and O–H groups in total. The summed E-state index contributed by atoms with van der Waals surface area (Å²) in [7, 11) is 2.28. The van der Waals surface area contributed by atoms with E-state index in [1.807, 2.05) is 0 Å². The van der Waals surface area contributed by atoms with Crippen molar-refractivity contribution in [2.75, 3.05) is 26.7 Å². The Morgan fingerprint density at radius 1 is 1.12 bits per heavy atom. The van der Waals surface area contributed by atoms with Crippen LogP contribution in [0.3, 0.4) is 0 Å². The van der Waals surface area contributed by atoms with E-state index in [1.165, 1.54) is 45.3 Å². The molecule has 2 fully saturated rings. The molecule has 1 aliphatic heterocycles. The highest BCUT2D eigenvalue weighted by atomic mass is 15.1. The number of nitrogens with zero attached hydrogens (tertiary/aromatic N) is 1. The van der Waals surface area contributed by atoms with Crippen LogP contribution in [-0.2, 0) is 0 Å². The predicted octanol–water partition coefficient (Wildman–Crippen LogP) is 2.74. The largest absolute Gasteiger partial charge is 0.312 e. The van der Waals surface area contributed by atoms with Crippen LogP contribution in [0.4, 0.5) is 0 Å². The van der Waals surface area contributed by atoms with Gasteiger partial charge in [-0.2, -0.15) is 0 Å². The average molecular weight is 238 g/mol. The van der Waals surface area contributed by atoms with Gasteiger partial charge in [-0.3, -0.25) is 0 Å². The number of hydrogen-bond donors (Lipinski definition) is 1. The molecule has 0 spiro atoms. The third-order valence-corrected chi connectivity index (χ3v) is 4.01. The smallest absolute Gasteiger partial charge is 0.0198 e. The average Bonchev–Trinajstić information content (AvgIpc) is 2.94. The van der Waals surface area contributed by atoms with Gasteiger partial charge in [-0.1, -0.05) is 20.8 Å². The van der Waals surface area contributed by atoms with Gasteiger partial charge in [0, 0.05) is 19.1 Å². The molecule has 2 atom stereocenters. The van der Waals surface area contributed by atoms with Crippen molar-refractivity contribution in [1.82, 2.24) is 10.2 Å². The molecule has 2 rings (SSSR count). The fourth-order valence-electron chi connectivity index (χ4n) is 3.26. The van der Waals surface area contributed by atoms with E-state index in [0.29, 0.717) is 5.41 Å². The molecule has 2 nitrogen and oxygen atoms in total. The van der Waals surface area contributed by atoms with Gasteiger partial charge in [-0.05, 0) is 56.5 Å². The summed E-state index contributed by atoms with van der Waals surface area (Å²) in [5, 5.41) is 3.79. The van der Waals surface area contributed by atoms with E-state index < -0.39 is 0 Å². The monoisotopic (exact) mass is 238 g/mol. The Hall–Kier alpha value is -0.0800. The lowest BCUT2D eigenvalue weighted by atomic mass is 9.80. The summed E-state index contributed by atoms with van der Waals surface area (Å²) in [6, 6.07) is 0.738. The second kappa shape index (κ2) is 5.27. The highest BCUT2D eigenvalue weighted by molar-refractivity contribution is 4.86. The Bertz CT molecular complexity index is 240. The Morgan fingerprint density at radius 2 is 1.82 bits per heavy atom. The van der Waals surface area contributed by atoms with Crippen molar-refractivity contribution in [1.29, 1.82) is 0 Å². The third kappa shape index (κ3) is 4.97. The number of piperidine rings is 1. The van der Waals surface area contributed by atoms with Crippen LogP contribution >= 0.6 is 0 Å². The molecular formula is C15H30N2. The number of hydrogen-bond acceptors (Lipinski definition) is 2. The zero-order valence-electron chi connectivity index (χ0n) is 12.1. The summed E-state index contributed by atoms with van der Waals surface area (Å²) in [4.78, 5) is 2.52. The van der Waals surface area contributed by atoms with Crippen LogP contribution < -0.4 is 5.32 Å². The molecule has 0 aromatic rings. The van der Waals surface area contributed by atoms with Crippen molar-refractivity contribution in [2.24, 2.45) is 17.3 Å².